The maximum atomic E-state index is 14.6. The molecule has 0 aliphatic heterocycles. The van der Waals surface area contributed by atoms with Crippen molar-refractivity contribution in [2.24, 2.45) is 17.8 Å². The van der Waals surface area contributed by atoms with Crippen molar-refractivity contribution in [3.8, 4) is 0 Å². The lowest BCUT2D eigenvalue weighted by molar-refractivity contribution is -0.143. The summed E-state index contributed by atoms with van der Waals surface area (Å²) in [5, 5.41) is 0. The van der Waals surface area contributed by atoms with Crippen LogP contribution in [0.4, 0.5) is 4.39 Å². The Labute approximate surface area is 149 Å². The lowest BCUT2D eigenvalue weighted by Crippen LogP contribution is -2.44. The molecule has 0 aromatic rings. The Hall–Kier alpha value is -1.84. The van der Waals surface area contributed by atoms with Crippen molar-refractivity contribution in [1.82, 2.24) is 0 Å². The number of halogens is 1. The van der Waals surface area contributed by atoms with Crippen LogP contribution < -0.4 is 0 Å². The zero-order valence-corrected chi connectivity index (χ0v) is 15.4. The molecule has 0 N–H and O–H groups in total. The summed E-state index contributed by atoms with van der Waals surface area (Å²) < 4.78 is 14.6. The fourth-order valence-electron chi connectivity index (χ4n) is 3.93. The summed E-state index contributed by atoms with van der Waals surface area (Å²) >= 11 is 0. The van der Waals surface area contributed by atoms with Gasteiger partial charge in [0, 0.05) is 11.5 Å². The second-order valence-corrected chi connectivity index (χ2v) is 7.37. The predicted molar refractivity (Wildman–Crippen MR) is 95.6 cm³/mol. The Morgan fingerprint density at radius 1 is 1.24 bits per heavy atom. The first-order chi connectivity index (χ1) is 11.8. The third-order valence-corrected chi connectivity index (χ3v) is 5.38. The maximum absolute atomic E-state index is 14.6. The van der Waals surface area contributed by atoms with Gasteiger partial charge in [0.05, 0.1) is 5.92 Å². The molecular weight excluding hydrogens is 319 g/mol. The average Bonchev–Trinajstić information content (AvgIpc) is 2.56. The molecule has 2 rings (SSSR count). The SMILES string of the molecule is C=C(C)C1CCC(C)=CC1C1C(=O)C(=O)C(CCCCC)=C(F)C1=O. The van der Waals surface area contributed by atoms with Gasteiger partial charge in [0.15, 0.2) is 5.83 Å². The number of unbranched alkanes of at least 4 members (excludes halogenated alkanes) is 2. The monoisotopic (exact) mass is 346 g/mol. The zero-order valence-electron chi connectivity index (χ0n) is 15.4. The van der Waals surface area contributed by atoms with E-state index >= 15 is 0 Å². The van der Waals surface area contributed by atoms with E-state index in [1.165, 1.54) is 0 Å². The first kappa shape index (κ1) is 19.5. The number of ketones is 3. The van der Waals surface area contributed by atoms with Crippen molar-refractivity contribution in [3.05, 3.63) is 35.2 Å². The third-order valence-electron chi connectivity index (χ3n) is 5.38. The molecule has 3 unspecified atom stereocenters. The van der Waals surface area contributed by atoms with Gasteiger partial charge in [-0.2, -0.15) is 0 Å². The van der Waals surface area contributed by atoms with E-state index in [-0.39, 0.29) is 17.9 Å². The molecule has 0 amide bonds. The van der Waals surface area contributed by atoms with Crippen molar-refractivity contribution < 1.29 is 18.8 Å². The Morgan fingerprint density at radius 2 is 1.92 bits per heavy atom. The van der Waals surface area contributed by atoms with E-state index in [4.69, 9.17) is 0 Å². The van der Waals surface area contributed by atoms with Gasteiger partial charge in [-0.05, 0) is 45.4 Å². The second-order valence-electron chi connectivity index (χ2n) is 7.37. The van der Waals surface area contributed by atoms with Crippen molar-refractivity contribution >= 4 is 17.3 Å². The first-order valence-electron chi connectivity index (χ1n) is 9.13. The van der Waals surface area contributed by atoms with Gasteiger partial charge in [0.1, 0.15) is 0 Å². The number of hydrogen-bond donors (Lipinski definition) is 0. The Morgan fingerprint density at radius 3 is 2.52 bits per heavy atom. The molecule has 3 nitrogen and oxygen atoms in total. The highest BCUT2D eigenvalue weighted by molar-refractivity contribution is 6.50. The average molecular weight is 346 g/mol. The highest BCUT2D eigenvalue weighted by Gasteiger charge is 2.48. The predicted octanol–water partition coefficient (Wildman–Crippen LogP) is 4.68. The minimum absolute atomic E-state index is 0.0798. The highest BCUT2D eigenvalue weighted by atomic mass is 19.1. The van der Waals surface area contributed by atoms with E-state index in [0.29, 0.717) is 6.42 Å². The van der Waals surface area contributed by atoms with Crippen LogP contribution in [-0.4, -0.2) is 17.3 Å². The number of Topliss-reactive ketones (excluding diaryl/α,β-unsaturated/α-hetero) is 3. The number of carbonyl (C=O) groups is 3. The number of rotatable bonds is 6. The van der Waals surface area contributed by atoms with Crippen molar-refractivity contribution in [2.75, 3.05) is 0 Å². The topological polar surface area (TPSA) is 51.2 Å². The molecule has 2 aliphatic carbocycles. The molecule has 0 saturated carbocycles. The van der Waals surface area contributed by atoms with Crippen LogP contribution >= 0.6 is 0 Å². The molecule has 4 heteroatoms. The largest absolute Gasteiger partial charge is 0.291 e. The van der Waals surface area contributed by atoms with Gasteiger partial charge in [-0.25, -0.2) is 4.39 Å². The molecule has 0 aromatic carbocycles. The number of carbonyl (C=O) groups excluding carboxylic acids is 3. The molecule has 136 valence electrons. The van der Waals surface area contributed by atoms with Crippen LogP contribution in [0.5, 0.6) is 0 Å². The minimum atomic E-state index is -1.24. The van der Waals surface area contributed by atoms with E-state index in [0.717, 1.165) is 36.8 Å². The highest BCUT2D eigenvalue weighted by Crippen LogP contribution is 2.41. The summed E-state index contributed by atoms with van der Waals surface area (Å²) in [6, 6.07) is 0. The van der Waals surface area contributed by atoms with Gasteiger partial charge in [-0.15, -0.1) is 0 Å². The molecule has 0 fully saturated rings. The van der Waals surface area contributed by atoms with Gasteiger partial charge < -0.3 is 0 Å². The normalized spacial score (nSPS) is 27.6. The Bertz CT molecular complexity index is 669. The lowest BCUT2D eigenvalue weighted by atomic mass is 9.66. The third kappa shape index (κ3) is 3.88. The van der Waals surface area contributed by atoms with Gasteiger partial charge in [0.2, 0.25) is 17.3 Å². The van der Waals surface area contributed by atoms with Crippen molar-refractivity contribution in [2.45, 2.75) is 59.3 Å². The van der Waals surface area contributed by atoms with Crippen molar-refractivity contribution in [3.63, 3.8) is 0 Å². The van der Waals surface area contributed by atoms with Crippen LogP contribution in [0.2, 0.25) is 0 Å². The molecule has 0 heterocycles. The summed E-state index contributed by atoms with van der Waals surface area (Å²) in [6.45, 7) is 9.74. The first-order valence-corrected chi connectivity index (χ1v) is 9.13. The smallest absolute Gasteiger partial charge is 0.228 e. The molecular formula is C21H27FO3. The second kappa shape index (κ2) is 8.03. The van der Waals surface area contributed by atoms with E-state index < -0.39 is 35.0 Å². The van der Waals surface area contributed by atoms with Gasteiger partial charge in [-0.1, -0.05) is 43.6 Å². The van der Waals surface area contributed by atoms with Crippen LogP contribution in [0.15, 0.2) is 35.2 Å². The molecule has 25 heavy (non-hydrogen) atoms. The van der Waals surface area contributed by atoms with Crippen LogP contribution in [0.25, 0.3) is 0 Å². The molecule has 0 spiro atoms. The molecule has 3 atom stereocenters. The summed E-state index contributed by atoms with van der Waals surface area (Å²) in [7, 11) is 0. The van der Waals surface area contributed by atoms with Gasteiger partial charge in [0.25, 0.3) is 0 Å². The van der Waals surface area contributed by atoms with Gasteiger partial charge in [-0.3, -0.25) is 14.4 Å². The summed E-state index contributed by atoms with van der Waals surface area (Å²) in [6.07, 6.45) is 6.00. The summed E-state index contributed by atoms with van der Waals surface area (Å²) in [5.74, 6) is -5.17. The molecule has 0 aromatic heterocycles. The Balaban J connectivity index is 2.38. The standard InChI is InChI=1S/C21H27FO3/c1-5-6-7-8-15-18(22)20(24)17(21(25)19(15)23)16-11-13(4)9-10-14(16)12(2)3/h11,14,16-17H,2,5-10H2,1,3-4H3. The van der Waals surface area contributed by atoms with Crippen LogP contribution in [0.1, 0.15) is 59.3 Å². The van der Waals surface area contributed by atoms with E-state index in [1.54, 1.807) is 0 Å². The van der Waals surface area contributed by atoms with Crippen LogP contribution in [0.3, 0.4) is 0 Å². The summed E-state index contributed by atoms with van der Waals surface area (Å²) in [5.41, 5.74) is 1.71. The molecule has 0 bridgehead atoms. The molecule has 0 radical (unpaired) electrons. The fraction of sp³-hybridized carbons (Fsp3) is 0.571. The maximum Gasteiger partial charge on any atom is 0.228 e. The molecule has 2 aliphatic rings. The fourth-order valence-corrected chi connectivity index (χ4v) is 3.93. The molecule has 0 saturated heterocycles. The van der Waals surface area contributed by atoms with Gasteiger partial charge >= 0.3 is 0 Å². The van der Waals surface area contributed by atoms with Crippen LogP contribution in [0, 0.1) is 17.8 Å². The Kier molecular flexibility index (Phi) is 6.26. The van der Waals surface area contributed by atoms with Crippen LogP contribution in [-0.2, 0) is 14.4 Å². The minimum Gasteiger partial charge on any atom is -0.291 e. The zero-order chi connectivity index (χ0) is 18.7. The van der Waals surface area contributed by atoms with Crippen molar-refractivity contribution in [1.29, 1.82) is 0 Å². The lowest BCUT2D eigenvalue weighted by Gasteiger charge is -2.35. The summed E-state index contributed by atoms with van der Waals surface area (Å²) in [4.78, 5) is 37.7. The van der Waals surface area contributed by atoms with E-state index in [1.807, 2.05) is 26.8 Å². The van der Waals surface area contributed by atoms with E-state index in [9.17, 15) is 18.8 Å². The number of hydrogen-bond acceptors (Lipinski definition) is 3. The number of allylic oxidation sites excluding steroid dienone is 5. The quantitative estimate of drug-likeness (QED) is 0.304. The van der Waals surface area contributed by atoms with E-state index in [2.05, 4.69) is 6.58 Å².